The minimum atomic E-state index is -0.142. The van der Waals surface area contributed by atoms with Gasteiger partial charge in [-0.1, -0.05) is 0 Å². The average molecular weight is 326 g/mol. The summed E-state index contributed by atoms with van der Waals surface area (Å²) in [6.07, 6.45) is 1.78. The largest absolute Gasteiger partial charge is 0.444 e. The highest BCUT2D eigenvalue weighted by molar-refractivity contribution is 9.10. The molecule has 6 heteroatoms. The normalized spacial score (nSPS) is 10.8. The number of amides is 1. The van der Waals surface area contributed by atoms with Crippen LogP contribution in [-0.2, 0) is 13.6 Å². The van der Waals surface area contributed by atoms with Gasteiger partial charge in [-0.2, -0.15) is 5.10 Å². The Morgan fingerprint density at radius 2 is 2.21 bits per heavy atom. The monoisotopic (exact) mass is 325 g/mol. The summed E-state index contributed by atoms with van der Waals surface area (Å²) < 4.78 is 7.77. The molecule has 0 fully saturated rings. The van der Waals surface area contributed by atoms with Crippen LogP contribution in [0.15, 0.2) is 21.3 Å². The van der Waals surface area contributed by atoms with Crippen molar-refractivity contribution >= 4 is 21.8 Å². The second kappa shape index (κ2) is 5.21. The second-order valence-corrected chi connectivity index (χ2v) is 5.33. The molecule has 102 valence electrons. The van der Waals surface area contributed by atoms with Crippen molar-refractivity contribution in [2.75, 3.05) is 7.05 Å². The Kier molecular flexibility index (Phi) is 3.80. The third-order valence-electron chi connectivity index (χ3n) is 3.16. The van der Waals surface area contributed by atoms with Crippen molar-refractivity contribution in [2.24, 2.45) is 7.05 Å². The molecule has 0 bridgehead atoms. The Balaban J connectivity index is 2.14. The van der Waals surface area contributed by atoms with Crippen LogP contribution in [0, 0.1) is 13.8 Å². The Morgan fingerprint density at radius 3 is 2.68 bits per heavy atom. The standard InChI is InChI=1S/C13H16BrN3O2/c1-8-5-11(19-12(8)14)13(18)16(3)7-10-6-15-17(4)9(10)2/h5-6H,7H2,1-4H3. The van der Waals surface area contributed by atoms with E-state index in [1.165, 1.54) is 0 Å². The first-order valence-electron chi connectivity index (χ1n) is 5.89. The van der Waals surface area contributed by atoms with Gasteiger partial charge >= 0.3 is 0 Å². The Labute approximate surface area is 120 Å². The fraction of sp³-hybridized carbons (Fsp3) is 0.385. The molecule has 0 atom stereocenters. The molecule has 5 nitrogen and oxygen atoms in total. The quantitative estimate of drug-likeness (QED) is 0.871. The first kappa shape index (κ1) is 13.9. The molecule has 1 amide bonds. The number of halogens is 1. The lowest BCUT2D eigenvalue weighted by Crippen LogP contribution is -2.26. The van der Waals surface area contributed by atoms with E-state index in [9.17, 15) is 4.79 Å². The molecule has 0 aromatic carbocycles. The predicted octanol–water partition coefficient (Wildman–Crippen LogP) is 2.66. The molecule has 0 saturated carbocycles. The predicted molar refractivity (Wildman–Crippen MR) is 74.9 cm³/mol. The van der Waals surface area contributed by atoms with Crippen molar-refractivity contribution in [3.63, 3.8) is 0 Å². The van der Waals surface area contributed by atoms with E-state index in [0.717, 1.165) is 16.8 Å². The van der Waals surface area contributed by atoms with Gasteiger partial charge in [0, 0.05) is 37.5 Å². The van der Waals surface area contributed by atoms with Crippen LogP contribution in [0.25, 0.3) is 0 Å². The van der Waals surface area contributed by atoms with Gasteiger partial charge in [-0.25, -0.2) is 0 Å². The summed E-state index contributed by atoms with van der Waals surface area (Å²) in [5.74, 6) is 0.200. The maximum absolute atomic E-state index is 12.2. The first-order chi connectivity index (χ1) is 8.90. The fourth-order valence-electron chi connectivity index (χ4n) is 1.78. The minimum Gasteiger partial charge on any atom is -0.444 e. The van der Waals surface area contributed by atoms with Gasteiger partial charge in [0.1, 0.15) is 0 Å². The van der Waals surface area contributed by atoms with Crippen molar-refractivity contribution in [3.8, 4) is 0 Å². The van der Waals surface area contributed by atoms with Gasteiger partial charge in [0.2, 0.25) is 0 Å². The van der Waals surface area contributed by atoms with Crippen LogP contribution in [0.2, 0.25) is 0 Å². The third-order valence-corrected chi connectivity index (χ3v) is 3.95. The summed E-state index contributed by atoms with van der Waals surface area (Å²) in [5, 5.41) is 4.17. The van der Waals surface area contributed by atoms with Crippen LogP contribution in [-0.4, -0.2) is 27.6 Å². The molecule has 2 aromatic heterocycles. The SMILES string of the molecule is Cc1cc(C(=O)N(C)Cc2cnn(C)c2C)oc1Br. The van der Waals surface area contributed by atoms with Gasteiger partial charge in [0.25, 0.3) is 5.91 Å². The summed E-state index contributed by atoms with van der Waals surface area (Å²) in [7, 11) is 3.63. The molecule has 0 aliphatic heterocycles. The van der Waals surface area contributed by atoms with Crippen LogP contribution in [0.5, 0.6) is 0 Å². The summed E-state index contributed by atoms with van der Waals surface area (Å²) in [4.78, 5) is 13.8. The average Bonchev–Trinajstić information content (AvgIpc) is 2.86. The number of rotatable bonds is 3. The van der Waals surface area contributed by atoms with Crippen molar-refractivity contribution in [1.82, 2.24) is 14.7 Å². The van der Waals surface area contributed by atoms with Crippen molar-refractivity contribution in [2.45, 2.75) is 20.4 Å². The molecule has 2 rings (SSSR count). The molecule has 0 unspecified atom stereocenters. The molecule has 0 aliphatic carbocycles. The number of aromatic nitrogens is 2. The number of hydrogen-bond acceptors (Lipinski definition) is 3. The number of carbonyl (C=O) groups excluding carboxylic acids is 1. The van der Waals surface area contributed by atoms with Gasteiger partial charge < -0.3 is 9.32 Å². The molecule has 0 spiro atoms. The molecule has 2 heterocycles. The van der Waals surface area contributed by atoms with Gasteiger partial charge in [0.15, 0.2) is 10.4 Å². The fourth-order valence-corrected chi connectivity index (χ4v) is 2.07. The maximum atomic E-state index is 12.2. The molecular weight excluding hydrogens is 310 g/mol. The Morgan fingerprint density at radius 1 is 1.53 bits per heavy atom. The highest BCUT2D eigenvalue weighted by Crippen LogP contribution is 2.22. The van der Waals surface area contributed by atoms with Crippen LogP contribution in [0.3, 0.4) is 0 Å². The lowest BCUT2D eigenvalue weighted by atomic mass is 10.2. The molecule has 0 aliphatic rings. The number of nitrogens with zero attached hydrogens (tertiary/aromatic N) is 3. The first-order valence-corrected chi connectivity index (χ1v) is 6.68. The number of carbonyl (C=O) groups is 1. The lowest BCUT2D eigenvalue weighted by molar-refractivity contribution is 0.0752. The molecule has 2 aromatic rings. The van der Waals surface area contributed by atoms with E-state index in [1.54, 1.807) is 28.9 Å². The molecular formula is C13H16BrN3O2. The van der Waals surface area contributed by atoms with Crippen LogP contribution in [0.1, 0.15) is 27.4 Å². The van der Waals surface area contributed by atoms with E-state index in [4.69, 9.17) is 4.42 Å². The zero-order chi connectivity index (χ0) is 14.2. The van der Waals surface area contributed by atoms with E-state index >= 15 is 0 Å². The van der Waals surface area contributed by atoms with Crippen molar-refractivity contribution in [1.29, 1.82) is 0 Å². The summed E-state index contributed by atoms with van der Waals surface area (Å²) in [5.41, 5.74) is 2.99. The number of hydrogen-bond donors (Lipinski definition) is 0. The van der Waals surface area contributed by atoms with Gasteiger partial charge in [-0.05, 0) is 35.8 Å². The smallest absolute Gasteiger partial charge is 0.289 e. The van der Waals surface area contributed by atoms with Crippen LogP contribution in [0.4, 0.5) is 0 Å². The number of furan rings is 1. The number of aryl methyl sites for hydroxylation is 2. The van der Waals surface area contributed by atoms with Crippen LogP contribution < -0.4 is 0 Å². The summed E-state index contributed by atoms with van der Waals surface area (Å²) in [6.45, 7) is 4.37. The van der Waals surface area contributed by atoms with Gasteiger partial charge in [-0.15, -0.1) is 0 Å². The minimum absolute atomic E-state index is 0.142. The van der Waals surface area contributed by atoms with Crippen molar-refractivity contribution in [3.05, 3.63) is 39.5 Å². The second-order valence-electron chi connectivity index (χ2n) is 4.61. The topological polar surface area (TPSA) is 51.3 Å². The molecule has 0 radical (unpaired) electrons. The van der Waals surface area contributed by atoms with E-state index in [0.29, 0.717) is 17.0 Å². The van der Waals surface area contributed by atoms with Gasteiger partial charge in [0.05, 0.1) is 6.20 Å². The zero-order valence-corrected chi connectivity index (χ0v) is 13.0. The highest BCUT2D eigenvalue weighted by Gasteiger charge is 2.18. The summed E-state index contributed by atoms with van der Waals surface area (Å²) >= 11 is 3.26. The molecule has 0 saturated heterocycles. The highest BCUT2D eigenvalue weighted by atomic mass is 79.9. The summed E-state index contributed by atoms with van der Waals surface area (Å²) in [6, 6.07) is 1.74. The van der Waals surface area contributed by atoms with E-state index in [1.807, 2.05) is 20.9 Å². The Hall–Kier alpha value is -1.56. The Bertz CT molecular complexity index is 596. The van der Waals surface area contributed by atoms with Crippen LogP contribution >= 0.6 is 15.9 Å². The third kappa shape index (κ3) is 2.73. The zero-order valence-electron chi connectivity index (χ0n) is 11.4. The van der Waals surface area contributed by atoms with Crippen molar-refractivity contribution < 1.29 is 9.21 Å². The maximum Gasteiger partial charge on any atom is 0.289 e. The van der Waals surface area contributed by atoms with E-state index < -0.39 is 0 Å². The lowest BCUT2D eigenvalue weighted by Gasteiger charge is -2.15. The molecule has 0 N–H and O–H groups in total. The van der Waals surface area contributed by atoms with Gasteiger partial charge in [-0.3, -0.25) is 9.48 Å². The van der Waals surface area contributed by atoms with E-state index in [2.05, 4.69) is 21.0 Å². The van der Waals surface area contributed by atoms with E-state index in [-0.39, 0.29) is 5.91 Å². The molecule has 19 heavy (non-hydrogen) atoms.